The molecule has 6 heteroatoms. The first kappa shape index (κ1) is 25.1. The first-order chi connectivity index (χ1) is 16.6. The van der Waals surface area contributed by atoms with Crippen LogP contribution in [0.2, 0.25) is 0 Å². The molecular formula is C28H30O6. The zero-order valence-corrected chi connectivity index (χ0v) is 19.3. The summed E-state index contributed by atoms with van der Waals surface area (Å²) in [5.74, 6) is -1.75. The van der Waals surface area contributed by atoms with Gasteiger partial charge in [-0.05, 0) is 41.7 Å². The van der Waals surface area contributed by atoms with E-state index in [1.807, 2.05) is 48.5 Å². The van der Waals surface area contributed by atoms with Crippen LogP contribution >= 0.6 is 0 Å². The smallest absolute Gasteiger partial charge is 0.338 e. The third-order valence-corrected chi connectivity index (χ3v) is 5.22. The van der Waals surface area contributed by atoms with Crippen LogP contribution in [0.15, 0.2) is 84.9 Å². The highest BCUT2D eigenvalue weighted by molar-refractivity contribution is 5.85. The number of carbonyl (C=O) groups excluding carboxylic acids is 2. The number of esters is 2. The van der Waals surface area contributed by atoms with Crippen LogP contribution in [0.5, 0.6) is 0 Å². The van der Waals surface area contributed by atoms with E-state index in [9.17, 15) is 14.7 Å². The second kappa shape index (κ2) is 13.3. The van der Waals surface area contributed by atoms with Crippen LogP contribution in [0.25, 0.3) is 10.8 Å². The molecule has 0 heterocycles. The lowest BCUT2D eigenvalue weighted by Gasteiger charge is -2.20. The molecule has 0 aromatic heterocycles. The number of ether oxygens (including phenoxy) is 3. The van der Waals surface area contributed by atoms with Gasteiger partial charge in [0.2, 0.25) is 0 Å². The van der Waals surface area contributed by atoms with Gasteiger partial charge in [0.25, 0.3) is 0 Å². The lowest BCUT2D eigenvalue weighted by Crippen LogP contribution is -2.43. The lowest BCUT2D eigenvalue weighted by atomic mass is 10.0. The van der Waals surface area contributed by atoms with Crippen molar-refractivity contribution in [2.45, 2.75) is 38.6 Å². The van der Waals surface area contributed by atoms with Gasteiger partial charge >= 0.3 is 11.9 Å². The van der Waals surface area contributed by atoms with E-state index < -0.39 is 24.1 Å². The Morgan fingerprint density at radius 3 is 2.35 bits per heavy atom. The Bertz CT molecular complexity index is 1090. The average molecular weight is 463 g/mol. The van der Waals surface area contributed by atoms with Gasteiger partial charge in [0.15, 0.2) is 12.2 Å². The molecule has 2 atom stereocenters. The number of rotatable bonds is 12. The zero-order chi connectivity index (χ0) is 24.2. The standard InChI is InChI=1S/C28H30O6/c1-2-32-27(30)25(29)26(28(31)34-20-22-12-5-3-6-13-22)33-18-10-4-7-11-21-16-17-23-14-8-9-15-24(23)19-21/h3-6,8-10,12-17,19,25-26,29H,2,7,11,18,20H2,1H3/t25-,26-/m1/s1. The van der Waals surface area contributed by atoms with Gasteiger partial charge in [-0.25, -0.2) is 9.59 Å². The second-order valence-corrected chi connectivity index (χ2v) is 7.74. The summed E-state index contributed by atoms with van der Waals surface area (Å²) in [5.41, 5.74) is 2.01. The van der Waals surface area contributed by atoms with E-state index in [-0.39, 0.29) is 19.8 Å². The number of aliphatic hydroxyl groups is 1. The van der Waals surface area contributed by atoms with Gasteiger partial charge in [-0.2, -0.15) is 0 Å². The Balaban J connectivity index is 1.51. The molecule has 3 aromatic rings. The average Bonchev–Trinajstić information content (AvgIpc) is 2.87. The van der Waals surface area contributed by atoms with Crippen molar-refractivity contribution in [3.05, 3.63) is 96.1 Å². The molecule has 0 aliphatic carbocycles. The van der Waals surface area contributed by atoms with Gasteiger partial charge < -0.3 is 19.3 Å². The van der Waals surface area contributed by atoms with E-state index in [0.717, 1.165) is 18.4 Å². The number of aryl methyl sites for hydroxylation is 1. The van der Waals surface area contributed by atoms with E-state index in [1.54, 1.807) is 13.0 Å². The number of carbonyl (C=O) groups is 2. The number of hydrogen-bond acceptors (Lipinski definition) is 6. The van der Waals surface area contributed by atoms with E-state index >= 15 is 0 Å². The maximum atomic E-state index is 12.5. The molecule has 0 aliphatic rings. The largest absolute Gasteiger partial charge is 0.464 e. The van der Waals surface area contributed by atoms with Gasteiger partial charge in [-0.3, -0.25) is 0 Å². The maximum absolute atomic E-state index is 12.5. The predicted octanol–water partition coefficient (Wildman–Crippen LogP) is 4.38. The molecule has 0 fully saturated rings. The molecule has 0 amide bonds. The maximum Gasteiger partial charge on any atom is 0.338 e. The molecule has 0 spiro atoms. The van der Waals surface area contributed by atoms with E-state index in [1.165, 1.54) is 16.3 Å². The first-order valence-electron chi connectivity index (χ1n) is 11.4. The molecule has 0 radical (unpaired) electrons. The summed E-state index contributed by atoms with van der Waals surface area (Å²) >= 11 is 0. The van der Waals surface area contributed by atoms with Gasteiger partial charge in [0.05, 0.1) is 13.2 Å². The summed E-state index contributed by atoms with van der Waals surface area (Å²) in [6.45, 7) is 1.75. The Hall–Kier alpha value is -3.48. The molecule has 0 unspecified atom stereocenters. The summed E-state index contributed by atoms with van der Waals surface area (Å²) in [5, 5.41) is 12.7. The fraction of sp³-hybridized carbons (Fsp3) is 0.286. The number of hydrogen-bond donors (Lipinski definition) is 1. The Labute approximate surface area is 199 Å². The highest BCUT2D eigenvalue weighted by atomic mass is 16.6. The van der Waals surface area contributed by atoms with Crippen molar-refractivity contribution >= 4 is 22.7 Å². The quantitative estimate of drug-likeness (QED) is 0.318. The summed E-state index contributed by atoms with van der Waals surface area (Å²) in [6, 6.07) is 23.7. The molecule has 1 N–H and O–H groups in total. The van der Waals surface area contributed by atoms with Crippen molar-refractivity contribution in [1.82, 2.24) is 0 Å². The molecule has 0 bridgehead atoms. The molecular weight excluding hydrogens is 432 g/mol. The molecule has 0 saturated heterocycles. The molecule has 0 saturated carbocycles. The van der Waals surface area contributed by atoms with Crippen molar-refractivity contribution in [3.8, 4) is 0 Å². The molecule has 3 rings (SSSR count). The number of aliphatic hydroxyl groups excluding tert-OH is 1. The van der Waals surface area contributed by atoms with Gasteiger partial charge in [-0.1, -0.05) is 84.9 Å². The van der Waals surface area contributed by atoms with Crippen LogP contribution in [0.4, 0.5) is 0 Å². The highest BCUT2D eigenvalue weighted by Gasteiger charge is 2.35. The summed E-state index contributed by atoms with van der Waals surface area (Å²) in [6.07, 6.45) is 2.09. The number of fused-ring (bicyclic) bond motifs is 1. The lowest BCUT2D eigenvalue weighted by molar-refractivity contribution is -0.177. The minimum absolute atomic E-state index is 0.0106. The fourth-order valence-electron chi connectivity index (χ4n) is 3.44. The summed E-state index contributed by atoms with van der Waals surface area (Å²) in [7, 11) is 0. The van der Waals surface area contributed by atoms with E-state index in [0.29, 0.717) is 0 Å². The predicted molar refractivity (Wildman–Crippen MR) is 130 cm³/mol. The highest BCUT2D eigenvalue weighted by Crippen LogP contribution is 2.17. The van der Waals surface area contributed by atoms with E-state index in [2.05, 4.69) is 30.3 Å². The minimum atomic E-state index is -1.77. The Morgan fingerprint density at radius 1 is 0.853 bits per heavy atom. The van der Waals surface area contributed by atoms with Crippen molar-refractivity contribution in [2.75, 3.05) is 13.2 Å². The second-order valence-electron chi connectivity index (χ2n) is 7.74. The van der Waals surface area contributed by atoms with Crippen LogP contribution in [0.1, 0.15) is 24.5 Å². The van der Waals surface area contributed by atoms with Gasteiger partial charge in [0.1, 0.15) is 6.61 Å². The van der Waals surface area contributed by atoms with Crippen molar-refractivity contribution in [2.24, 2.45) is 0 Å². The summed E-state index contributed by atoms with van der Waals surface area (Å²) < 4.78 is 15.6. The minimum Gasteiger partial charge on any atom is -0.464 e. The van der Waals surface area contributed by atoms with Crippen LogP contribution in [0.3, 0.4) is 0 Å². The molecule has 178 valence electrons. The van der Waals surface area contributed by atoms with Crippen LogP contribution in [0, 0.1) is 0 Å². The number of benzene rings is 3. The molecule has 0 aliphatic heterocycles. The van der Waals surface area contributed by atoms with Crippen LogP contribution in [-0.4, -0.2) is 42.5 Å². The Morgan fingerprint density at radius 2 is 1.59 bits per heavy atom. The van der Waals surface area contributed by atoms with Crippen molar-refractivity contribution in [3.63, 3.8) is 0 Å². The third kappa shape index (κ3) is 7.54. The first-order valence-corrected chi connectivity index (χ1v) is 11.4. The SMILES string of the molecule is CCOC(=O)[C@H](O)[C@@H](OCC=CCCc1ccc2ccccc2c1)C(=O)OCc1ccccc1. The normalized spacial score (nSPS) is 13.0. The third-order valence-electron chi connectivity index (χ3n) is 5.22. The van der Waals surface area contributed by atoms with E-state index in [4.69, 9.17) is 14.2 Å². The molecule has 6 nitrogen and oxygen atoms in total. The van der Waals surface area contributed by atoms with Crippen molar-refractivity contribution in [1.29, 1.82) is 0 Å². The van der Waals surface area contributed by atoms with Crippen LogP contribution in [-0.2, 0) is 36.8 Å². The van der Waals surface area contributed by atoms with Gasteiger partial charge in [-0.15, -0.1) is 0 Å². The molecule has 3 aromatic carbocycles. The molecule has 34 heavy (non-hydrogen) atoms. The number of allylic oxidation sites excluding steroid dienone is 1. The van der Waals surface area contributed by atoms with Gasteiger partial charge in [0, 0.05) is 0 Å². The topological polar surface area (TPSA) is 82.1 Å². The zero-order valence-electron chi connectivity index (χ0n) is 19.3. The van der Waals surface area contributed by atoms with Crippen LogP contribution < -0.4 is 0 Å². The Kier molecular flexibility index (Phi) is 9.82. The monoisotopic (exact) mass is 462 g/mol. The summed E-state index contributed by atoms with van der Waals surface area (Å²) in [4.78, 5) is 24.5. The fourth-order valence-corrected chi connectivity index (χ4v) is 3.44. The van der Waals surface area contributed by atoms with Crippen molar-refractivity contribution < 1.29 is 28.9 Å².